The van der Waals surface area contributed by atoms with E-state index in [4.69, 9.17) is 0 Å². The van der Waals surface area contributed by atoms with Crippen molar-refractivity contribution in [3.63, 3.8) is 0 Å². The maximum absolute atomic E-state index is 3.30. The first-order valence-electron chi connectivity index (χ1n) is 3.47. The SMILES string of the molecule is CNC1CC(C)NCN1. The molecule has 1 rings (SSSR count). The summed E-state index contributed by atoms with van der Waals surface area (Å²) in [6, 6.07) is 0.642. The highest BCUT2D eigenvalue weighted by Gasteiger charge is 2.14. The van der Waals surface area contributed by atoms with Crippen molar-refractivity contribution in [3.05, 3.63) is 0 Å². The summed E-state index contributed by atoms with van der Waals surface area (Å²) in [5.41, 5.74) is 0. The Morgan fingerprint density at radius 2 is 2.22 bits per heavy atom. The second-order valence-corrected chi connectivity index (χ2v) is 2.56. The van der Waals surface area contributed by atoms with Crippen LogP contribution in [0.4, 0.5) is 0 Å². The first kappa shape index (κ1) is 6.99. The topological polar surface area (TPSA) is 36.1 Å². The van der Waals surface area contributed by atoms with Gasteiger partial charge in [0.1, 0.15) is 0 Å². The molecule has 9 heavy (non-hydrogen) atoms. The molecule has 3 heteroatoms. The Hall–Kier alpha value is -0.120. The predicted molar refractivity (Wildman–Crippen MR) is 38.1 cm³/mol. The fourth-order valence-electron chi connectivity index (χ4n) is 1.10. The molecular weight excluding hydrogens is 114 g/mol. The van der Waals surface area contributed by atoms with Crippen molar-refractivity contribution in [1.82, 2.24) is 16.0 Å². The van der Waals surface area contributed by atoms with Crippen LogP contribution in [0, 0.1) is 0 Å². The van der Waals surface area contributed by atoms with Gasteiger partial charge in [0.25, 0.3) is 0 Å². The van der Waals surface area contributed by atoms with Crippen LogP contribution in [0.5, 0.6) is 0 Å². The molecule has 1 aliphatic heterocycles. The van der Waals surface area contributed by atoms with E-state index in [1.54, 1.807) is 0 Å². The van der Waals surface area contributed by atoms with E-state index in [2.05, 4.69) is 22.9 Å². The molecule has 3 N–H and O–H groups in total. The molecule has 2 unspecified atom stereocenters. The highest BCUT2D eigenvalue weighted by Crippen LogP contribution is 1.97. The van der Waals surface area contributed by atoms with Crippen LogP contribution in [0.1, 0.15) is 13.3 Å². The lowest BCUT2D eigenvalue weighted by Crippen LogP contribution is -2.54. The quantitative estimate of drug-likeness (QED) is 0.445. The molecule has 0 amide bonds. The monoisotopic (exact) mass is 129 g/mol. The van der Waals surface area contributed by atoms with Gasteiger partial charge in [0, 0.05) is 12.7 Å². The molecule has 54 valence electrons. The van der Waals surface area contributed by atoms with Crippen LogP contribution in [0.25, 0.3) is 0 Å². The lowest BCUT2D eigenvalue weighted by atomic mass is 10.1. The summed E-state index contributed by atoms with van der Waals surface area (Å²) in [7, 11) is 1.98. The molecule has 2 atom stereocenters. The molecule has 3 nitrogen and oxygen atoms in total. The number of rotatable bonds is 1. The highest BCUT2D eigenvalue weighted by molar-refractivity contribution is 4.74. The largest absolute Gasteiger partial charge is 0.305 e. The standard InChI is InChI=1S/C6H15N3/c1-5-3-6(7-2)9-4-8-5/h5-9H,3-4H2,1-2H3. The molecule has 1 saturated heterocycles. The molecule has 0 saturated carbocycles. The second kappa shape index (κ2) is 3.15. The van der Waals surface area contributed by atoms with Crippen molar-refractivity contribution in [3.8, 4) is 0 Å². The minimum atomic E-state index is 0.501. The second-order valence-electron chi connectivity index (χ2n) is 2.56. The number of hydrogen-bond acceptors (Lipinski definition) is 3. The number of nitrogens with one attached hydrogen (secondary N) is 3. The maximum atomic E-state index is 3.30. The van der Waals surface area contributed by atoms with Gasteiger partial charge in [-0.15, -0.1) is 0 Å². The average Bonchev–Trinajstić information content (AvgIpc) is 1.88. The lowest BCUT2D eigenvalue weighted by Gasteiger charge is -2.28. The Kier molecular flexibility index (Phi) is 2.45. The molecule has 1 aliphatic rings. The van der Waals surface area contributed by atoms with Crippen LogP contribution in [0.2, 0.25) is 0 Å². The Labute approximate surface area is 56.2 Å². The van der Waals surface area contributed by atoms with Crippen molar-refractivity contribution in [2.75, 3.05) is 13.7 Å². The highest BCUT2D eigenvalue weighted by atomic mass is 15.2. The van der Waals surface area contributed by atoms with Gasteiger partial charge in [-0.2, -0.15) is 0 Å². The van der Waals surface area contributed by atoms with E-state index in [1.165, 1.54) is 0 Å². The number of hydrogen-bond donors (Lipinski definition) is 3. The van der Waals surface area contributed by atoms with Gasteiger partial charge in [0.15, 0.2) is 0 Å². The molecule has 0 spiro atoms. The van der Waals surface area contributed by atoms with Crippen LogP contribution in [-0.2, 0) is 0 Å². The maximum Gasteiger partial charge on any atom is 0.0593 e. The fraction of sp³-hybridized carbons (Fsp3) is 1.00. The van der Waals surface area contributed by atoms with Crippen LogP contribution in [0.15, 0.2) is 0 Å². The molecule has 0 aliphatic carbocycles. The van der Waals surface area contributed by atoms with Crippen molar-refractivity contribution in [2.45, 2.75) is 25.6 Å². The summed E-state index contributed by atoms with van der Waals surface area (Å²) in [5.74, 6) is 0. The van der Waals surface area contributed by atoms with Gasteiger partial charge < -0.3 is 10.6 Å². The van der Waals surface area contributed by atoms with Gasteiger partial charge in [-0.3, -0.25) is 5.32 Å². The molecule has 0 bridgehead atoms. The van der Waals surface area contributed by atoms with E-state index in [1.807, 2.05) is 7.05 Å². The normalized spacial score (nSPS) is 36.7. The minimum absolute atomic E-state index is 0.501. The van der Waals surface area contributed by atoms with E-state index in [0.29, 0.717) is 12.2 Å². The van der Waals surface area contributed by atoms with Gasteiger partial charge in [-0.1, -0.05) is 0 Å². The van der Waals surface area contributed by atoms with Gasteiger partial charge in [-0.05, 0) is 20.4 Å². The van der Waals surface area contributed by atoms with Crippen LogP contribution in [0.3, 0.4) is 0 Å². The lowest BCUT2D eigenvalue weighted by molar-refractivity contribution is 0.301. The zero-order valence-corrected chi connectivity index (χ0v) is 6.07. The summed E-state index contributed by atoms with van der Waals surface area (Å²) in [5, 5.41) is 9.76. The summed E-state index contributed by atoms with van der Waals surface area (Å²) in [4.78, 5) is 0. The first-order valence-corrected chi connectivity index (χ1v) is 3.47. The van der Waals surface area contributed by atoms with Crippen molar-refractivity contribution in [2.24, 2.45) is 0 Å². The van der Waals surface area contributed by atoms with E-state index in [-0.39, 0.29) is 0 Å². The molecule has 1 fully saturated rings. The van der Waals surface area contributed by atoms with E-state index in [9.17, 15) is 0 Å². The van der Waals surface area contributed by atoms with Gasteiger partial charge in [-0.25, -0.2) is 0 Å². The molecule has 1 heterocycles. The van der Waals surface area contributed by atoms with Crippen molar-refractivity contribution in [1.29, 1.82) is 0 Å². The van der Waals surface area contributed by atoms with E-state index < -0.39 is 0 Å². The van der Waals surface area contributed by atoms with Gasteiger partial charge in [0.05, 0.1) is 6.17 Å². The summed E-state index contributed by atoms with van der Waals surface area (Å²) in [6.45, 7) is 3.12. The first-order chi connectivity index (χ1) is 4.33. The van der Waals surface area contributed by atoms with Gasteiger partial charge >= 0.3 is 0 Å². The smallest absolute Gasteiger partial charge is 0.0593 e. The van der Waals surface area contributed by atoms with Crippen molar-refractivity contribution < 1.29 is 0 Å². The summed E-state index contributed by atoms with van der Waals surface area (Å²) < 4.78 is 0. The third kappa shape index (κ3) is 1.93. The average molecular weight is 129 g/mol. The Morgan fingerprint density at radius 3 is 2.67 bits per heavy atom. The Morgan fingerprint density at radius 1 is 1.44 bits per heavy atom. The predicted octanol–water partition coefficient (Wildman–Crippen LogP) is -0.539. The van der Waals surface area contributed by atoms with Crippen LogP contribution >= 0.6 is 0 Å². The molecule has 0 aromatic heterocycles. The Balaban J connectivity index is 2.23. The Bertz CT molecular complexity index is 84.4. The zero-order chi connectivity index (χ0) is 6.69. The third-order valence-corrected chi connectivity index (χ3v) is 1.74. The zero-order valence-electron chi connectivity index (χ0n) is 6.07. The molecule has 0 aromatic carbocycles. The minimum Gasteiger partial charge on any atom is -0.305 e. The molecular formula is C6H15N3. The molecule has 0 radical (unpaired) electrons. The van der Waals surface area contributed by atoms with E-state index in [0.717, 1.165) is 13.1 Å². The summed E-state index contributed by atoms with van der Waals surface area (Å²) in [6.07, 6.45) is 1.66. The van der Waals surface area contributed by atoms with Crippen LogP contribution < -0.4 is 16.0 Å². The third-order valence-electron chi connectivity index (χ3n) is 1.74. The van der Waals surface area contributed by atoms with Crippen molar-refractivity contribution >= 4 is 0 Å². The molecule has 0 aromatic rings. The van der Waals surface area contributed by atoms with Gasteiger partial charge in [0.2, 0.25) is 0 Å². The summed E-state index contributed by atoms with van der Waals surface area (Å²) >= 11 is 0. The fourth-order valence-corrected chi connectivity index (χ4v) is 1.10. The van der Waals surface area contributed by atoms with Crippen LogP contribution in [-0.4, -0.2) is 25.9 Å². The van der Waals surface area contributed by atoms with E-state index >= 15 is 0 Å².